The third-order valence-corrected chi connectivity index (χ3v) is 7.29. The Morgan fingerprint density at radius 1 is 1.00 bits per heavy atom. The molecule has 3 rings (SSSR count). The number of nitrogens with one attached hydrogen (secondary N) is 1. The third-order valence-electron chi connectivity index (χ3n) is 5.43. The molecule has 3 aromatic carbocycles. The van der Waals surface area contributed by atoms with Crippen molar-refractivity contribution in [3.8, 4) is 5.75 Å². The second-order valence-electron chi connectivity index (χ2n) is 7.93. The zero-order chi connectivity index (χ0) is 23.8. The molecule has 3 aromatic rings. The van der Waals surface area contributed by atoms with Gasteiger partial charge in [-0.1, -0.05) is 66.7 Å². The molecule has 0 fully saturated rings. The van der Waals surface area contributed by atoms with Crippen LogP contribution in [0.3, 0.4) is 0 Å². The molecule has 0 aromatic heterocycles. The standard InChI is InChI=1S/C26H30N2O4S/c1-20-14-15-24(32-3)25(18-20)33(30,31)28(17-16-22-10-6-4-7-11-22)19-26(29)27-21(2)23-12-8-5-9-13-23/h4-15,18,21H,16-17,19H2,1-3H3,(H,27,29)/t21-/m0/s1. The minimum absolute atomic E-state index is 0.0574. The van der Waals surface area contributed by atoms with Crippen molar-refractivity contribution in [2.45, 2.75) is 31.2 Å². The minimum atomic E-state index is -3.98. The number of hydrogen-bond donors (Lipinski definition) is 1. The lowest BCUT2D eigenvalue weighted by Crippen LogP contribution is -2.42. The van der Waals surface area contributed by atoms with Crippen LogP contribution in [0.5, 0.6) is 5.75 Å². The molecule has 33 heavy (non-hydrogen) atoms. The van der Waals surface area contributed by atoms with Crippen LogP contribution in [0.25, 0.3) is 0 Å². The summed E-state index contributed by atoms with van der Waals surface area (Å²) < 4.78 is 33.8. The first-order valence-electron chi connectivity index (χ1n) is 10.8. The Labute approximate surface area is 196 Å². The molecule has 0 spiro atoms. The van der Waals surface area contributed by atoms with Crippen LogP contribution in [0, 0.1) is 6.92 Å². The van der Waals surface area contributed by atoms with E-state index in [1.54, 1.807) is 18.2 Å². The molecule has 0 saturated heterocycles. The van der Waals surface area contributed by atoms with Gasteiger partial charge in [0.2, 0.25) is 15.9 Å². The third kappa shape index (κ3) is 6.43. The quantitative estimate of drug-likeness (QED) is 0.488. The average Bonchev–Trinajstić information content (AvgIpc) is 2.82. The summed E-state index contributed by atoms with van der Waals surface area (Å²) in [4.78, 5) is 13.0. The average molecular weight is 467 g/mol. The van der Waals surface area contributed by atoms with Gasteiger partial charge in [-0.15, -0.1) is 0 Å². The largest absolute Gasteiger partial charge is 0.495 e. The van der Waals surface area contributed by atoms with Crippen molar-refractivity contribution >= 4 is 15.9 Å². The zero-order valence-corrected chi connectivity index (χ0v) is 20.0. The second kappa shape index (κ2) is 11.1. The highest BCUT2D eigenvalue weighted by Crippen LogP contribution is 2.28. The van der Waals surface area contributed by atoms with Crippen molar-refractivity contribution in [2.75, 3.05) is 20.2 Å². The van der Waals surface area contributed by atoms with Gasteiger partial charge in [-0.25, -0.2) is 8.42 Å². The summed E-state index contributed by atoms with van der Waals surface area (Å²) in [5.74, 6) is -0.113. The van der Waals surface area contributed by atoms with Crippen molar-refractivity contribution in [2.24, 2.45) is 0 Å². The van der Waals surface area contributed by atoms with Crippen molar-refractivity contribution in [1.29, 1.82) is 0 Å². The van der Waals surface area contributed by atoms with Gasteiger partial charge in [0.25, 0.3) is 0 Å². The van der Waals surface area contributed by atoms with Crippen LogP contribution in [0.2, 0.25) is 0 Å². The molecular weight excluding hydrogens is 436 g/mol. The number of carbonyl (C=O) groups is 1. The fourth-order valence-corrected chi connectivity index (χ4v) is 5.22. The van der Waals surface area contributed by atoms with E-state index in [-0.39, 0.29) is 35.7 Å². The number of hydrogen-bond acceptors (Lipinski definition) is 4. The molecule has 1 atom stereocenters. The molecule has 0 bridgehead atoms. The van der Waals surface area contributed by atoms with Crippen LogP contribution in [-0.2, 0) is 21.2 Å². The molecule has 0 aliphatic rings. The zero-order valence-electron chi connectivity index (χ0n) is 19.2. The maximum atomic E-state index is 13.6. The van der Waals surface area contributed by atoms with E-state index < -0.39 is 10.0 Å². The fourth-order valence-electron chi connectivity index (χ4n) is 3.58. The highest BCUT2D eigenvalue weighted by molar-refractivity contribution is 7.89. The number of aryl methyl sites for hydroxylation is 1. The highest BCUT2D eigenvalue weighted by atomic mass is 32.2. The lowest BCUT2D eigenvalue weighted by atomic mass is 10.1. The van der Waals surface area contributed by atoms with Gasteiger partial charge < -0.3 is 10.1 Å². The van der Waals surface area contributed by atoms with Crippen molar-refractivity contribution in [3.63, 3.8) is 0 Å². The summed E-state index contributed by atoms with van der Waals surface area (Å²) in [7, 11) is -2.55. The molecule has 0 saturated carbocycles. The van der Waals surface area contributed by atoms with Crippen LogP contribution in [-0.4, -0.2) is 38.8 Å². The van der Waals surface area contributed by atoms with Crippen LogP contribution in [0.15, 0.2) is 83.8 Å². The first-order valence-corrected chi connectivity index (χ1v) is 12.3. The normalized spacial score (nSPS) is 12.4. The smallest absolute Gasteiger partial charge is 0.247 e. The molecule has 1 N–H and O–H groups in total. The molecule has 6 nitrogen and oxygen atoms in total. The van der Waals surface area contributed by atoms with E-state index in [0.717, 1.165) is 16.7 Å². The first kappa shape index (κ1) is 24.5. The molecule has 7 heteroatoms. The summed E-state index contributed by atoms with van der Waals surface area (Å²) in [6.07, 6.45) is 0.482. The predicted octanol–water partition coefficient (Wildman–Crippen LogP) is 4.11. The van der Waals surface area contributed by atoms with Crippen LogP contribution in [0.1, 0.15) is 29.7 Å². The Bertz CT molecular complexity index is 1170. The van der Waals surface area contributed by atoms with Crippen molar-refractivity contribution in [1.82, 2.24) is 9.62 Å². The fraction of sp³-hybridized carbons (Fsp3) is 0.269. The number of benzene rings is 3. The summed E-state index contributed by atoms with van der Waals surface area (Å²) in [5, 5.41) is 2.91. The Morgan fingerprint density at radius 2 is 1.64 bits per heavy atom. The van der Waals surface area contributed by atoms with Gasteiger partial charge in [-0.3, -0.25) is 4.79 Å². The molecule has 0 heterocycles. The van der Waals surface area contributed by atoms with Gasteiger partial charge in [0.15, 0.2) is 0 Å². The van der Waals surface area contributed by atoms with Crippen molar-refractivity contribution in [3.05, 3.63) is 95.6 Å². The second-order valence-corrected chi connectivity index (χ2v) is 9.83. The highest BCUT2D eigenvalue weighted by Gasteiger charge is 2.30. The summed E-state index contributed by atoms with van der Waals surface area (Å²) in [6, 6.07) is 23.9. The van der Waals surface area contributed by atoms with Gasteiger partial charge >= 0.3 is 0 Å². The van der Waals surface area contributed by atoms with Gasteiger partial charge in [0.1, 0.15) is 10.6 Å². The Kier molecular flexibility index (Phi) is 8.25. The number of carbonyl (C=O) groups excluding carboxylic acids is 1. The maximum absolute atomic E-state index is 13.6. The van der Waals surface area contributed by atoms with Gasteiger partial charge in [-0.05, 0) is 49.1 Å². The van der Waals surface area contributed by atoms with Gasteiger partial charge in [-0.2, -0.15) is 4.31 Å². The lowest BCUT2D eigenvalue weighted by molar-refractivity contribution is -0.121. The van der Waals surface area contributed by atoms with E-state index >= 15 is 0 Å². The van der Waals surface area contributed by atoms with Crippen LogP contribution < -0.4 is 10.1 Å². The summed E-state index contributed by atoms with van der Waals surface area (Å²) in [6.45, 7) is 3.57. The van der Waals surface area contributed by atoms with E-state index in [9.17, 15) is 13.2 Å². The van der Waals surface area contributed by atoms with Crippen LogP contribution in [0.4, 0.5) is 0 Å². The number of ether oxygens (including phenoxy) is 1. The summed E-state index contributed by atoms with van der Waals surface area (Å²) >= 11 is 0. The molecule has 0 radical (unpaired) electrons. The van der Waals surface area contributed by atoms with Gasteiger partial charge in [0, 0.05) is 6.54 Å². The van der Waals surface area contributed by atoms with E-state index in [1.807, 2.05) is 74.5 Å². The minimum Gasteiger partial charge on any atom is -0.495 e. The van der Waals surface area contributed by atoms with Crippen LogP contribution >= 0.6 is 0 Å². The monoisotopic (exact) mass is 466 g/mol. The van der Waals surface area contributed by atoms with E-state index in [2.05, 4.69) is 5.32 Å². The number of rotatable bonds is 10. The Hall–Kier alpha value is -3.16. The van der Waals surface area contributed by atoms with Gasteiger partial charge in [0.05, 0.1) is 19.7 Å². The Balaban J connectivity index is 1.85. The summed E-state index contributed by atoms with van der Waals surface area (Å²) in [5.41, 5.74) is 2.73. The Morgan fingerprint density at radius 3 is 2.27 bits per heavy atom. The molecular formula is C26H30N2O4S. The SMILES string of the molecule is COc1ccc(C)cc1S(=O)(=O)N(CCc1ccccc1)CC(=O)N[C@@H](C)c1ccccc1. The van der Waals surface area contributed by atoms with E-state index in [0.29, 0.717) is 6.42 Å². The molecule has 1 amide bonds. The first-order chi connectivity index (χ1) is 15.8. The molecule has 174 valence electrons. The number of nitrogens with zero attached hydrogens (tertiary/aromatic N) is 1. The predicted molar refractivity (Wildman–Crippen MR) is 130 cm³/mol. The number of sulfonamides is 1. The van der Waals surface area contributed by atoms with E-state index in [1.165, 1.54) is 11.4 Å². The van der Waals surface area contributed by atoms with E-state index in [4.69, 9.17) is 4.74 Å². The number of amides is 1. The lowest BCUT2D eigenvalue weighted by Gasteiger charge is -2.24. The molecule has 0 aliphatic heterocycles. The topological polar surface area (TPSA) is 75.7 Å². The molecule has 0 aliphatic carbocycles. The maximum Gasteiger partial charge on any atom is 0.247 e. The van der Waals surface area contributed by atoms with Crippen molar-refractivity contribution < 1.29 is 17.9 Å². The molecule has 0 unspecified atom stereocenters. The number of methoxy groups -OCH3 is 1.